The SMILES string of the molecule is CCn1cc(CN2CCC[C@@](CO)(CCc3ccccc3)C2)c(C)n1. The quantitative estimate of drug-likeness (QED) is 0.839. The van der Waals surface area contributed by atoms with Crippen LogP contribution in [0.25, 0.3) is 0 Å². The van der Waals surface area contributed by atoms with Crippen molar-refractivity contribution >= 4 is 0 Å². The molecule has 0 bridgehead atoms. The Hall–Kier alpha value is -1.65. The van der Waals surface area contributed by atoms with Crippen molar-refractivity contribution < 1.29 is 5.11 Å². The first-order valence-electron chi connectivity index (χ1n) is 9.54. The highest BCUT2D eigenvalue weighted by molar-refractivity contribution is 5.16. The number of likely N-dealkylation sites (tertiary alicyclic amines) is 1. The zero-order valence-electron chi connectivity index (χ0n) is 15.6. The molecule has 0 unspecified atom stereocenters. The van der Waals surface area contributed by atoms with Crippen LogP contribution in [0, 0.1) is 12.3 Å². The highest BCUT2D eigenvalue weighted by Crippen LogP contribution is 2.35. The summed E-state index contributed by atoms with van der Waals surface area (Å²) in [6.45, 7) is 8.45. The van der Waals surface area contributed by atoms with E-state index in [1.54, 1.807) is 0 Å². The summed E-state index contributed by atoms with van der Waals surface area (Å²) in [5.41, 5.74) is 3.85. The predicted molar refractivity (Wildman–Crippen MR) is 101 cm³/mol. The van der Waals surface area contributed by atoms with E-state index >= 15 is 0 Å². The molecule has 136 valence electrons. The molecule has 4 heteroatoms. The van der Waals surface area contributed by atoms with Crippen LogP contribution in [-0.4, -0.2) is 39.5 Å². The summed E-state index contributed by atoms with van der Waals surface area (Å²) in [6.07, 6.45) is 6.56. The summed E-state index contributed by atoms with van der Waals surface area (Å²) >= 11 is 0. The highest BCUT2D eigenvalue weighted by atomic mass is 16.3. The molecule has 1 N–H and O–H groups in total. The van der Waals surface area contributed by atoms with Crippen LogP contribution in [0.5, 0.6) is 0 Å². The minimum absolute atomic E-state index is 0.0305. The average molecular weight is 341 g/mol. The number of hydrogen-bond donors (Lipinski definition) is 1. The zero-order chi connectivity index (χ0) is 17.7. The lowest BCUT2D eigenvalue weighted by Gasteiger charge is -2.42. The molecule has 0 amide bonds. The van der Waals surface area contributed by atoms with Gasteiger partial charge >= 0.3 is 0 Å². The molecule has 1 atom stereocenters. The third-order valence-electron chi connectivity index (χ3n) is 5.63. The van der Waals surface area contributed by atoms with Crippen molar-refractivity contribution in [2.45, 2.75) is 52.6 Å². The fraction of sp³-hybridized carbons (Fsp3) is 0.571. The second kappa shape index (κ2) is 8.15. The van der Waals surface area contributed by atoms with Gasteiger partial charge in [-0.3, -0.25) is 9.58 Å². The maximum Gasteiger partial charge on any atom is 0.0638 e. The lowest BCUT2D eigenvalue weighted by atomic mass is 9.76. The first kappa shape index (κ1) is 18.2. The number of aryl methyl sites for hydroxylation is 3. The minimum atomic E-state index is 0.0305. The number of aliphatic hydroxyl groups excluding tert-OH is 1. The van der Waals surface area contributed by atoms with E-state index in [9.17, 15) is 5.11 Å². The van der Waals surface area contributed by atoms with E-state index in [0.29, 0.717) is 0 Å². The van der Waals surface area contributed by atoms with Crippen molar-refractivity contribution in [1.82, 2.24) is 14.7 Å². The van der Waals surface area contributed by atoms with Crippen LogP contribution in [0.15, 0.2) is 36.5 Å². The first-order valence-corrected chi connectivity index (χ1v) is 9.54. The third-order valence-corrected chi connectivity index (χ3v) is 5.63. The second-order valence-electron chi connectivity index (χ2n) is 7.55. The maximum absolute atomic E-state index is 10.2. The Morgan fingerprint density at radius 2 is 2.04 bits per heavy atom. The van der Waals surface area contributed by atoms with Gasteiger partial charge in [-0.05, 0) is 51.6 Å². The molecule has 2 aromatic rings. The largest absolute Gasteiger partial charge is 0.396 e. The van der Waals surface area contributed by atoms with Gasteiger partial charge in [0, 0.05) is 43.4 Å². The molecule has 1 aromatic heterocycles. The van der Waals surface area contributed by atoms with E-state index in [2.05, 4.69) is 60.4 Å². The van der Waals surface area contributed by atoms with Gasteiger partial charge in [-0.15, -0.1) is 0 Å². The van der Waals surface area contributed by atoms with Crippen LogP contribution in [0.3, 0.4) is 0 Å². The van der Waals surface area contributed by atoms with E-state index in [-0.39, 0.29) is 12.0 Å². The molecular formula is C21H31N3O. The number of benzene rings is 1. The molecule has 4 nitrogen and oxygen atoms in total. The number of piperidine rings is 1. The molecule has 1 aliphatic heterocycles. The molecule has 25 heavy (non-hydrogen) atoms. The van der Waals surface area contributed by atoms with Gasteiger partial charge in [0.15, 0.2) is 0 Å². The molecule has 1 saturated heterocycles. The van der Waals surface area contributed by atoms with Gasteiger partial charge in [0.1, 0.15) is 0 Å². The molecular weight excluding hydrogens is 310 g/mol. The van der Waals surface area contributed by atoms with Gasteiger partial charge in [-0.2, -0.15) is 5.10 Å². The average Bonchev–Trinajstić information content (AvgIpc) is 3.01. The Labute approximate surface area is 151 Å². The Morgan fingerprint density at radius 3 is 2.72 bits per heavy atom. The Bertz CT molecular complexity index is 667. The number of rotatable bonds is 7. The summed E-state index contributed by atoms with van der Waals surface area (Å²) in [7, 11) is 0. The van der Waals surface area contributed by atoms with E-state index in [0.717, 1.165) is 57.6 Å². The van der Waals surface area contributed by atoms with Crippen LogP contribution >= 0.6 is 0 Å². The fourth-order valence-corrected chi connectivity index (χ4v) is 4.03. The van der Waals surface area contributed by atoms with E-state index in [1.165, 1.54) is 11.1 Å². The summed E-state index contributed by atoms with van der Waals surface area (Å²) in [4.78, 5) is 2.51. The molecule has 0 aliphatic carbocycles. The van der Waals surface area contributed by atoms with Crippen LogP contribution in [0.4, 0.5) is 0 Å². The van der Waals surface area contributed by atoms with Crippen molar-refractivity contribution in [2.24, 2.45) is 5.41 Å². The van der Waals surface area contributed by atoms with E-state index in [1.807, 2.05) is 4.68 Å². The van der Waals surface area contributed by atoms with Crippen molar-refractivity contribution in [3.63, 3.8) is 0 Å². The van der Waals surface area contributed by atoms with Gasteiger partial charge in [0.05, 0.1) is 5.69 Å². The molecule has 3 rings (SSSR count). The Kier molecular flexibility index (Phi) is 5.92. The van der Waals surface area contributed by atoms with Gasteiger partial charge < -0.3 is 5.11 Å². The lowest BCUT2D eigenvalue weighted by Crippen LogP contribution is -2.45. The maximum atomic E-state index is 10.2. The fourth-order valence-electron chi connectivity index (χ4n) is 4.03. The summed E-state index contributed by atoms with van der Waals surface area (Å²) < 4.78 is 2.02. The van der Waals surface area contributed by atoms with Crippen LogP contribution < -0.4 is 0 Å². The Morgan fingerprint density at radius 1 is 1.24 bits per heavy atom. The topological polar surface area (TPSA) is 41.3 Å². The molecule has 0 saturated carbocycles. The molecule has 1 fully saturated rings. The molecule has 1 aliphatic rings. The molecule has 1 aromatic carbocycles. The molecule has 0 radical (unpaired) electrons. The van der Waals surface area contributed by atoms with Crippen LogP contribution in [0.1, 0.15) is 43.0 Å². The summed E-state index contributed by atoms with van der Waals surface area (Å²) in [6, 6.07) is 10.6. The Balaban J connectivity index is 1.64. The number of hydrogen-bond acceptors (Lipinski definition) is 3. The van der Waals surface area contributed by atoms with Crippen LogP contribution in [0.2, 0.25) is 0 Å². The van der Waals surface area contributed by atoms with Gasteiger partial charge in [0.2, 0.25) is 0 Å². The standard InChI is InChI=1S/C21H31N3O/c1-3-24-15-20(18(2)22-24)14-23-13-7-11-21(16-23,17-25)12-10-19-8-5-4-6-9-19/h4-6,8-9,15,25H,3,7,10-14,16-17H2,1-2H3/t21-/m1/s1. The monoisotopic (exact) mass is 341 g/mol. The van der Waals surface area contributed by atoms with Gasteiger partial charge in [0.25, 0.3) is 0 Å². The van der Waals surface area contributed by atoms with Crippen molar-refractivity contribution in [3.05, 3.63) is 53.3 Å². The van der Waals surface area contributed by atoms with Crippen LogP contribution in [-0.2, 0) is 19.5 Å². The summed E-state index contributed by atoms with van der Waals surface area (Å²) in [5.74, 6) is 0. The zero-order valence-corrected chi connectivity index (χ0v) is 15.6. The number of aromatic nitrogens is 2. The van der Waals surface area contributed by atoms with E-state index < -0.39 is 0 Å². The molecule has 2 heterocycles. The smallest absolute Gasteiger partial charge is 0.0638 e. The number of nitrogens with zero attached hydrogens (tertiary/aromatic N) is 3. The van der Waals surface area contributed by atoms with E-state index in [4.69, 9.17) is 0 Å². The van der Waals surface area contributed by atoms with Gasteiger partial charge in [-0.25, -0.2) is 0 Å². The lowest BCUT2D eigenvalue weighted by molar-refractivity contribution is 0.0223. The third kappa shape index (κ3) is 4.50. The van der Waals surface area contributed by atoms with Crippen molar-refractivity contribution in [2.75, 3.05) is 19.7 Å². The minimum Gasteiger partial charge on any atom is -0.396 e. The van der Waals surface area contributed by atoms with Crippen molar-refractivity contribution in [1.29, 1.82) is 0 Å². The van der Waals surface area contributed by atoms with Crippen molar-refractivity contribution in [3.8, 4) is 0 Å². The number of aliphatic hydroxyl groups is 1. The predicted octanol–water partition coefficient (Wildman–Crippen LogP) is 3.42. The molecule has 0 spiro atoms. The normalized spacial score (nSPS) is 21.6. The highest BCUT2D eigenvalue weighted by Gasteiger charge is 2.34. The second-order valence-corrected chi connectivity index (χ2v) is 7.55. The first-order chi connectivity index (χ1) is 12.1. The van der Waals surface area contributed by atoms with Gasteiger partial charge in [-0.1, -0.05) is 30.3 Å². The summed E-state index contributed by atoms with van der Waals surface area (Å²) in [5, 5.41) is 14.7.